The van der Waals surface area contributed by atoms with Crippen molar-refractivity contribution in [1.82, 2.24) is 0 Å². The average molecular weight is 195 g/mol. The first-order valence-electron chi connectivity index (χ1n) is 5.43. The Kier molecular flexibility index (Phi) is 3.21. The molecule has 0 amide bonds. The summed E-state index contributed by atoms with van der Waals surface area (Å²) in [4.78, 5) is 0. The zero-order chi connectivity index (χ0) is 10.8. The third-order valence-corrected chi connectivity index (χ3v) is 3.45. The molecule has 0 spiro atoms. The highest BCUT2D eigenvalue weighted by molar-refractivity contribution is 5.10. The van der Waals surface area contributed by atoms with E-state index in [0.29, 0.717) is 5.92 Å². The second-order valence-corrected chi connectivity index (χ2v) is 5.37. The molecule has 1 aliphatic carbocycles. The minimum atomic E-state index is -0.531. The smallest absolute Gasteiger partial charge is 0.157 e. The van der Waals surface area contributed by atoms with Crippen LogP contribution in [0.3, 0.4) is 0 Å². The fourth-order valence-corrected chi connectivity index (χ4v) is 2.70. The van der Waals surface area contributed by atoms with Gasteiger partial charge in [0.05, 0.1) is 6.07 Å². The summed E-state index contributed by atoms with van der Waals surface area (Å²) < 4.78 is 5.51. The summed E-state index contributed by atoms with van der Waals surface area (Å²) in [6.07, 6.45) is 4.36. The summed E-state index contributed by atoms with van der Waals surface area (Å²) in [5.74, 6) is 0.360. The van der Waals surface area contributed by atoms with Gasteiger partial charge in [0, 0.05) is 13.0 Å². The Morgan fingerprint density at radius 2 is 2.00 bits per heavy atom. The monoisotopic (exact) mass is 195 g/mol. The third-order valence-electron chi connectivity index (χ3n) is 3.45. The summed E-state index contributed by atoms with van der Waals surface area (Å²) in [5, 5.41) is 9.30. The Hall–Kier alpha value is -0.550. The molecule has 1 saturated carbocycles. The van der Waals surface area contributed by atoms with Crippen molar-refractivity contribution < 1.29 is 4.74 Å². The molecule has 0 aliphatic heterocycles. The predicted octanol–water partition coefficient (Wildman–Crippen LogP) is 3.13. The maximum Gasteiger partial charge on any atom is 0.157 e. The van der Waals surface area contributed by atoms with Crippen molar-refractivity contribution in [3.8, 4) is 6.07 Å². The largest absolute Gasteiger partial charge is 0.363 e. The van der Waals surface area contributed by atoms with E-state index in [1.54, 1.807) is 7.11 Å². The van der Waals surface area contributed by atoms with Gasteiger partial charge in [-0.3, -0.25) is 0 Å². The molecule has 80 valence electrons. The molecule has 0 radical (unpaired) electrons. The van der Waals surface area contributed by atoms with E-state index in [1.807, 2.05) is 0 Å². The van der Waals surface area contributed by atoms with Crippen LogP contribution in [-0.4, -0.2) is 12.7 Å². The van der Waals surface area contributed by atoms with Crippen molar-refractivity contribution in [2.24, 2.45) is 11.3 Å². The molecule has 2 nitrogen and oxygen atoms in total. The molecule has 1 fully saturated rings. The van der Waals surface area contributed by atoms with Gasteiger partial charge in [0.15, 0.2) is 5.60 Å². The number of rotatable bonds is 1. The van der Waals surface area contributed by atoms with Crippen LogP contribution in [0.1, 0.15) is 46.5 Å². The van der Waals surface area contributed by atoms with E-state index in [2.05, 4.69) is 26.8 Å². The highest BCUT2D eigenvalue weighted by Gasteiger charge is 2.46. The molecule has 2 heteroatoms. The van der Waals surface area contributed by atoms with Gasteiger partial charge >= 0.3 is 0 Å². The lowest BCUT2D eigenvalue weighted by Gasteiger charge is -2.44. The van der Waals surface area contributed by atoms with Crippen LogP contribution in [0.4, 0.5) is 0 Å². The van der Waals surface area contributed by atoms with Crippen molar-refractivity contribution in [2.75, 3.05) is 7.11 Å². The van der Waals surface area contributed by atoms with E-state index in [-0.39, 0.29) is 5.41 Å². The molecule has 14 heavy (non-hydrogen) atoms. The third kappa shape index (κ3) is 1.93. The summed E-state index contributed by atoms with van der Waals surface area (Å²) in [6, 6.07) is 2.40. The molecule has 0 bridgehead atoms. The minimum absolute atomic E-state index is 0.159. The lowest BCUT2D eigenvalue weighted by Crippen LogP contribution is -2.47. The Morgan fingerprint density at radius 3 is 2.36 bits per heavy atom. The number of methoxy groups -OCH3 is 1. The zero-order valence-electron chi connectivity index (χ0n) is 9.76. The Bertz CT molecular complexity index is 236. The molecule has 0 aromatic carbocycles. The molecule has 0 aromatic rings. The minimum Gasteiger partial charge on any atom is -0.363 e. The quantitative estimate of drug-likeness (QED) is 0.644. The van der Waals surface area contributed by atoms with Crippen molar-refractivity contribution in [2.45, 2.75) is 52.1 Å². The first-order valence-corrected chi connectivity index (χ1v) is 5.43. The van der Waals surface area contributed by atoms with Crippen LogP contribution >= 0.6 is 0 Å². The van der Waals surface area contributed by atoms with Crippen LogP contribution in [0.15, 0.2) is 0 Å². The van der Waals surface area contributed by atoms with Crippen LogP contribution < -0.4 is 0 Å². The lowest BCUT2D eigenvalue weighted by atomic mass is 9.64. The number of nitriles is 1. The fourth-order valence-electron chi connectivity index (χ4n) is 2.70. The van der Waals surface area contributed by atoms with Gasteiger partial charge < -0.3 is 4.74 Å². The molecule has 1 aliphatic rings. The van der Waals surface area contributed by atoms with E-state index in [4.69, 9.17) is 4.74 Å². The van der Waals surface area contributed by atoms with Gasteiger partial charge in [-0.05, 0) is 24.7 Å². The maximum atomic E-state index is 9.30. The van der Waals surface area contributed by atoms with Crippen LogP contribution in [0.25, 0.3) is 0 Å². The molecule has 1 rings (SSSR count). The second kappa shape index (κ2) is 3.90. The summed E-state index contributed by atoms with van der Waals surface area (Å²) in [6.45, 7) is 6.61. The Labute approximate surface area is 87.3 Å². The molecular weight excluding hydrogens is 174 g/mol. The first-order chi connectivity index (χ1) is 6.46. The van der Waals surface area contributed by atoms with E-state index in [0.717, 1.165) is 19.3 Å². The molecule has 0 heterocycles. The number of nitrogens with zero attached hydrogens (tertiary/aromatic N) is 1. The zero-order valence-corrected chi connectivity index (χ0v) is 9.76. The van der Waals surface area contributed by atoms with Crippen molar-refractivity contribution >= 4 is 0 Å². The summed E-state index contributed by atoms with van der Waals surface area (Å²) in [5.41, 5.74) is -0.372. The Balaban J connectivity index is 2.95. The predicted molar refractivity (Wildman–Crippen MR) is 56.8 cm³/mol. The average Bonchev–Trinajstić information content (AvgIpc) is 2.16. The van der Waals surface area contributed by atoms with Gasteiger partial charge in [-0.2, -0.15) is 5.26 Å². The lowest BCUT2D eigenvalue weighted by molar-refractivity contribution is -0.0762. The number of hydrogen-bond donors (Lipinski definition) is 0. The van der Waals surface area contributed by atoms with Gasteiger partial charge in [-0.25, -0.2) is 0 Å². The maximum absolute atomic E-state index is 9.30. The molecule has 0 aromatic heterocycles. The molecular formula is C12H21NO. The summed E-state index contributed by atoms with van der Waals surface area (Å²) in [7, 11) is 1.67. The van der Waals surface area contributed by atoms with Crippen LogP contribution in [0.5, 0.6) is 0 Å². The number of hydrogen-bond acceptors (Lipinski definition) is 2. The summed E-state index contributed by atoms with van der Waals surface area (Å²) >= 11 is 0. The van der Waals surface area contributed by atoms with Crippen molar-refractivity contribution in [3.63, 3.8) is 0 Å². The molecule has 0 N–H and O–H groups in total. The first kappa shape index (κ1) is 11.5. The normalized spacial score (nSPS) is 33.8. The molecule has 0 saturated heterocycles. The van der Waals surface area contributed by atoms with Gasteiger partial charge in [0.1, 0.15) is 0 Å². The highest BCUT2D eigenvalue weighted by atomic mass is 16.5. The van der Waals surface area contributed by atoms with E-state index < -0.39 is 5.60 Å². The topological polar surface area (TPSA) is 33.0 Å². The number of ether oxygens (including phenoxy) is 1. The Morgan fingerprint density at radius 1 is 1.36 bits per heavy atom. The van der Waals surface area contributed by atoms with Gasteiger partial charge in [0.25, 0.3) is 0 Å². The van der Waals surface area contributed by atoms with Gasteiger partial charge in [-0.1, -0.05) is 27.2 Å². The van der Waals surface area contributed by atoms with E-state index in [9.17, 15) is 5.26 Å². The van der Waals surface area contributed by atoms with Crippen molar-refractivity contribution in [1.29, 1.82) is 5.26 Å². The molecule has 2 unspecified atom stereocenters. The second-order valence-electron chi connectivity index (χ2n) is 5.37. The SMILES string of the molecule is COC1(C#N)CCCCC1C(C)(C)C. The van der Waals surface area contributed by atoms with Crippen LogP contribution in [0, 0.1) is 22.7 Å². The van der Waals surface area contributed by atoms with Crippen molar-refractivity contribution in [3.05, 3.63) is 0 Å². The highest BCUT2D eigenvalue weighted by Crippen LogP contribution is 2.45. The van der Waals surface area contributed by atoms with Crippen LogP contribution in [0.2, 0.25) is 0 Å². The standard InChI is InChI=1S/C12H21NO/c1-11(2,3)10-7-5-6-8-12(10,9-13)14-4/h10H,5-8H2,1-4H3. The van der Waals surface area contributed by atoms with E-state index in [1.165, 1.54) is 6.42 Å². The van der Waals surface area contributed by atoms with E-state index >= 15 is 0 Å². The van der Waals surface area contributed by atoms with Crippen LogP contribution in [-0.2, 0) is 4.74 Å². The van der Waals surface area contributed by atoms with Gasteiger partial charge in [-0.15, -0.1) is 0 Å². The molecule has 2 atom stereocenters. The van der Waals surface area contributed by atoms with Gasteiger partial charge in [0.2, 0.25) is 0 Å². The fraction of sp³-hybridized carbons (Fsp3) is 0.917.